The highest BCUT2D eigenvalue weighted by Gasteiger charge is 2.12. The minimum absolute atomic E-state index is 0.534. The summed E-state index contributed by atoms with van der Waals surface area (Å²) in [5, 5.41) is 17.9. The van der Waals surface area contributed by atoms with Crippen LogP contribution in [0.5, 0.6) is 0 Å². The van der Waals surface area contributed by atoms with Crippen molar-refractivity contribution in [3.8, 4) is 11.8 Å². The molecule has 1 aromatic heterocycles. The molecule has 0 unspecified atom stereocenters. The maximum absolute atomic E-state index is 11.0. The average Bonchev–Trinajstić information content (AvgIpc) is 3.12. The molecular weight excluding hydrogens is 404 g/mol. The number of aromatic nitrogens is 3. The fourth-order valence-electron chi connectivity index (χ4n) is 3.02. The predicted molar refractivity (Wildman–Crippen MR) is 106 cm³/mol. The second kappa shape index (κ2) is 7.14. The number of fused-ring (bicyclic) bond motifs is 1. The maximum Gasteiger partial charge on any atom is 0.151 e. The zero-order valence-corrected chi connectivity index (χ0v) is 15.7. The van der Waals surface area contributed by atoms with Gasteiger partial charge in [0.25, 0.3) is 0 Å². The highest BCUT2D eigenvalue weighted by molar-refractivity contribution is 9.10. The molecule has 3 aromatic carbocycles. The summed E-state index contributed by atoms with van der Waals surface area (Å²) in [6.45, 7) is 0. The molecule has 27 heavy (non-hydrogen) atoms. The van der Waals surface area contributed by atoms with Crippen molar-refractivity contribution in [3.05, 3.63) is 87.4 Å². The van der Waals surface area contributed by atoms with Gasteiger partial charge in [-0.05, 0) is 47.9 Å². The smallest absolute Gasteiger partial charge is 0.151 e. The van der Waals surface area contributed by atoms with E-state index in [-0.39, 0.29) is 0 Å². The Balaban J connectivity index is 1.76. The Morgan fingerprint density at radius 3 is 2.63 bits per heavy atom. The summed E-state index contributed by atoms with van der Waals surface area (Å²) in [6.07, 6.45) is 1.49. The normalized spacial score (nSPS) is 10.7. The lowest BCUT2D eigenvalue weighted by Gasteiger charge is -2.09. The van der Waals surface area contributed by atoms with Gasteiger partial charge in [-0.25, -0.2) is 4.68 Å². The highest BCUT2D eigenvalue weighted by Crippen LogP contribution is 2.23. The number of carbonyl (C=O) groups excluding carboxylic acids is 1. The molecule has 0 aliphatic carbocycles. The summed E-state index contributed by atoms with van der Waals surface area (Å²) in [7, 11) is 0. The number of nitriles is 1. The van der Waals surface area contributed by atoms with Crippen molar-refractivity contribution >= 4 is 33.2 Å². The van der Waals surface area contributed by atoms with E-state index >= 15 is 0 Å². The summed E-state index contributed by atoms with van der Waals surface area (Å²) in [4.78, 5) is 11.0. The van der Waals surface area contributed by atoms with Crippen molar-refractivity contribution in [2.24, 2.45) is 0 Å². The molecule has 0 aliphatic heterocycles. The van der Waals surface area contributed by atoms with Crippen LogP contribution in [0.2, 0.25) is 0 Å². The number of benzene rings is 3. The lowest BCUT2D eigenvalue weighted by atomic mass is 10.0. The molecule has 0 fully saturated rings. The van der Waals surface area contributed by atoms with Crippen molar-refractivity contribution in [1.29, 1.82) is 5.26 Å². The van der Waals surface area contributed by atoms with Crippen LogP contribution < -0.4 is 0 Å². The first-order valence-corrected chi connectivity index (χ1v) is 9.06. The van der Waals surface area contributed by atoms with Gasteiger partial charge in [-0.2, -0.15) is 5.26 Å². The monoisotopic (exact) mass is 416 g/mol. The Morgan fingerprint density at radius 2 is 1.85 bits per heavy atom. The van der Waals surface area contributed by atoms with Gasteiger partial charge in [0.2, 0.25) is 0 Å². The van der Waals surface area contributed by atoms with Crippen molar-refractivity contribution in [1.82, 2.24) is 15.0 Å². The third-order valence-corrected chi connectivity index (χ3v) is 5.05. The molecular formula is C21H13BrN4O. The number of hydrogen-bond acceptors (Lipinski definition) is 4. The second-order valence-electron chi connectivity index (χ2n) is 6.10. The van der Waals surface area contributed by atoms with Gasteiger partial charge in [0, 0.05) is 10.0 Å². The summed E-state index contributed by atoms with van der Waals surface area (Å²) < 4.78 is 2.47. The first-order valence-electron chi connectivity index (χ1n) is 8.27. The zero-order chi connectivity index (χ0) is 18.8. The molecule has 0 spiro atoms. The molecule has 4 aromatic rings. The Hall–Kier alpha value is -3.30. The van der Waals surface area contributed by atoms with Crippen molar-refractivity contribution < 1.29 is 4.79 Å². The fourth-order valence-corrected chi connectivity index (χ4v) is 3.54. The minimum atomic E-state index is 0.534. The van der Waals surface area contributed by atoms with E-state index in [1.807, 2.05) is 48.5 Å². The molecule has 5 nitrogen and oxygen atoms in total. The predicted octanol–water partition coefficient (Wildman–Crippen LogP) is 4.46. The van der Waals surface area contributed by atoms with Crippen LogP contribution >= 0.6 is 15.9 Å². The molecule has 0 aliphatic rings. The first kappa shape index (κ1) is 17.1. The third-order valence-electron chi connectivity index (χ3n) is 4.36. The van der Waals surface area contributed by atoms with Gasteiger partial charge in [-0.3, -0.25) is 4.79 Å². The van der Waals surface area contributed by atoms with Crippen LogP contribution in [-0.2, 0) is 6.42 Å². The topological polar surface area (TPSA) is 71.6 Å². The number of nitrogens with zero attached hydrogens (tertiary/aromatic N) is 4. The lowest BCUT2D eigenvalue weighted by molar-refractivity contribution is 0.112. The molecule has 0 saturated heterocycles. The van der Waals surface area contributed by atoms with E-state index in [2.05, 4.69) is 32.3 Å². The van der Waals surface area contributed by atoms with Crippen LogP contribution in [-0.4, -0.2) is 21.3 Å². The van der Waals surface area contributed by atoms with Gasteiger partial charge in [0.15, 0.2) is 6.29 Å². The van der Waals surface area contributed by atoms with E-state index in [0.717, 1.165) is 32.9 Å². The van der Waals surface area contributed by atoms with E-state index in [4.69, 9.17) is 0 Å². The maximum atomic E-state index is 11.0. The molecule has 4 rings (SSSR count). The summed E-state index contributed by atoms with van der Waals surface area (Å²) in [5.74, 6) is 0. The third kappa shape index (κ3) is 3.25. The van der Waals surface area contributed by atoms with Crippen LogP contribution in [0.3, 0.4) is 0 Å². The van der Waals surface area contributed by atoms with Gasteiger partial charge in [0.1, 0.15) is 11.6 Å². The Bertz CT molecular complexity index is 1210. The molecule has 0 radical (unpaired) electrons. The standard InChI is InChI=1S/C21H13BrN4O/c22-18-10-14(6-8-17(18)13-27)9-15-5-7-16(12-23)21(11-15)26-20-4-2-1-3-19(20)24-25-26/h1-8,10-11,13H,9H2. The number of para-hydroxylation sites is 1. The molecule has 0 atom stereocenters. The largest absolute Gasteiger partial charge is 0.298 e. The van der Waals surface area contributed by atoms with E-state index < -0.39 is 0 Å². The van der Waals surface area contributed by atoms with Crippen molar-refractivity contribution in [3.63, 3.8) is 0 Å². The molecule has 0 bridgehead atoms. The average molecular weight is 417 g/mol. The van der Waals surface area contributed by atoms with Crippen LogP contribution in [0.1, 0.15) is 27.0 Å². The molecule has 1 heterocycles. The number of halogens is 1. The van der Waals surface area contributed by atoms with Gasteiger partial charge >= 0.3 is 0 Å². The van der Waals surface area contributed by atoms with E-state index in [0.29, 0.717) is 23.2 Å². The van der Waals surface area contributed by atoms with Gasteiger partial charge in [-0.1, -0.05) is 51.5 Å². The fraction of sp³-hybridized carbons (Fsp3) is 0.0476. The van der Waals surface area contributed by atoms with Crippen molar-refractivity contribution in [2.75, 3.05) is 0 Å². The van der Waals surface area contributed by atoms with Gasteiger partial charge < -0.3 is 0 Å². The quantitative estimate of drug-likeness (QED) is 0.460. The highest BCUT2D eigenvalue weighted by atomic mass is 79.9. The Kier molecular flexibility index (Phi) is 4.53. The second-order valence-corrected chi connectivity index (χ2v) is 6.96. The number of carbonyl (C=O) groups is 1. The van der Waals surface area contributed by atoms with Crippen LogP contribution in [0.4, 0.5) is 0 Å². The SMILES string of the molecule is N#Cc1ccc(Cc2ccc(C=O)c(Br)c2)cc1-n1nnc2ccccc21. The van der Waals surface area contributed by atoms with Crippen LogP contribution in [0, 0.1) is 11.3 Å². The zero-order valence-electron chi connectivity index (χ0n) is 14.1. The number of hydrogen-bond donors (Lipinski definition) is 0. The molecule has 0 amide bonds. The first-order chi connectivity index (χ1) is 13.2. The summed E-state index contributed by atoms with van der Waals surface area (Å²) in [6, 6.07) is 21.2. The Morgan fingerprint density at radius 1 is 1.07 bits per heavy atom. The Labute approximate surface area is 164 Å². The molecule has 6 heteroatoms. The van der Waals surface area contributed by atoms with E-state index in [1.54, 1.807) is 16.8 Å². The summed E-state index contributed by atoms with van der Waals surface area (Å²) >= 11 is 3.42. The van der Waals surface area contributed by atoms with E-state index in [1.165, 1.54) is 0 Å². The van der Waals surface area contributed by atoms with E-state index in [9.17, 15) is 10.1 Å². The van der Waals surface area contributed by atoms with Crippen molar-refractivity contribution in [2.45, 2.75) is 6.42 Å². The summed E-state index contributed by atoms with van der Waals surface area (Å²) in [5.41, 5.74) is 5.58. The van der Waals surface area contributed by atoms with Gasteiger partial charge in [-0.15, -0.1) is 5.10 Å². The molecule has 0 N–H and O–H groups in total. The number of rotatable bonds is 4. The lowest BCUT2D eigenvalue weighted by Crippen LogP contribution is -2.02. The van der Waals surface area contributed by atoms with Crippen LogP contribution in [0.15, 0.2) is 65.1 Å². The van der Waals surface area contributed by atoms with Crippen LogP contribution in [0.25, 0.3) is 16.7 Å². The molecule has 130 valence electrons. The number of aldehydes is 1. The molecule has 0 saturated carbocycles. The van der Waals surface area contributed by atoms with Gasteiger partial charge in [0.05, 0.1) is 16.8 Å². The minimum Gasteiger partial charge on any atom is -0.298 e.